The van der Waals surface area contributed by atoms with E-state index in [1.165, 1.54) is 0 Å². The molecule has 2 N–H and O–H groups in total. The fraction of sp³-hybridized carbons (Fsp3) is 0.571. The normalized spacial score (nSPS) is 25.4. The van der Waals surface area contributed by atoms with Crippen molar-refractivity contribution < 1.29 is 8.42 Å². The molecule has 4 nitrogen and oxygen atoms in total. The first-order valence-corrected chi connectivity index (χ1v) is 8.36. The van der Waals surface area contributed by atoms with Gasteiger partial charge in [0.1, 0.15) is 0 Å². The summed E-state index contributed by atoms with van der Waals surface area (Å²) >= 11 is 0. The highest BCUT2D eigenvalue weighted by molar-refractivity contribution is 7.88. The Morgan fingerprint density at radius 3 is 2.47 bits per heavy atom. The summed E-state index contributed by atoms with van der Waals surface area (Å²) in [5.41, 5.74) is 7.06. The van der Waals surface area contributed by atoms with E-state index in [4.69, 9.17) is 5.73 Å². The second kappa shape index (κ2) is 5.51. The predicted molar refractivity (Wildman–Crippen MR) is 78.1 cm³/mol. The molecule has 0 saturated carbocycles. The first kappa shape index (κ1) is 14.3. The summed E-state index contributed by atoms with van der Waals surface area (Å²) < 4.78 is 26.8. The second-order valence-electron chi connectivity index (χ2n) is 5.46. The van der Waals surface area contributed by atoms with Gasteiger partial charge in [-0.25, -0.2) is 8.42 Å². The van der Waals surface area contributed by atoms with Crippen molar-refractivity contribution >= 4 is 15.7 Å². The largest absolute Gasteiger partial charge is 0.399 e. The van der Waals surface area contributed by atoms with Gasteiger partial charge in [0.15, 0.2) is 0 Å². The SMILES string of the molecule is CC1CCCC(C)N1S(=O)(=O)Cc1cccc(N)c1. The molecule has 19 heavy (non-hydrogen) atoms. The number of nitrogens with zero attached hydrogens (tertiary/aromatic N) is 1. The molecule has 2 unspecified atom stereocenters. The summed E-state index contributed by atoms with van der Waals surface area (Å²) in [6.45, 7) is 3.99. The van der Waals surface area contributed by atoms with E-state index in [1.807, 2.05) is 19.9 Å². The summed E-state index contributed by atoms with van der Waals surface area (Å²) in [5.74, 6) is 0.0344. The van der Waals surface area contributed by atoms with Crippen LogP contribution in [0.5, 0.6) is 0 Å². The Kier molecular flexibility index (Phi) is 4.16. The van der Waals surface area contributed by atoms with Crippen molar-refractivity contribution in [2.75, 3.05) is 5.73 Å². The first-order chi connectivity index (χ1) is 8.90. The second-order valence-corrected chi connectivity index (χ2v) is 7.33. The van der Waals surface area contributed by atoms with Gasteiger partial charge in [-0.05, 0) is 44.4 Å². The number of hydrogen-bond acceptors (Lipinski definition) is 3. The lowest BCUT2D eigenvalue weighted by Gasteiger charge is -2.37. The van der Waals surface area contributed by atoms with Crippen LogP contribution >= 0.6 is 0 Å². The van der Waals surface area contributed by atoms with Gasteiger partial charge in [-0.15, -0.1) is 0 Å². The highest BCUT2D eigenvalue weighted by Gasteiger charge is 2.34. The smallest absolute Gasteiger partial charge is 0.218 e. The van der Waals surface area contributed by atoms with E-state index in [0.717, 1.165) is 24.8 Å². The van der Waals surface area contributed by atoms with E-state index in [2.05, 4.69) is 0 Å². The molecule has 1 aliphatic rings. The highest BCUT2D eigenvalue weighted by Crippen LogP contribution is 2.27. The molecule has 2 rings (SSSR count). The van der Waals surface area contributed by atoms with Gasteiger partial charge >= 0.3 is 0 Å². The van der Waals surface area contributed by atoms with Gasteiger partial charge in [0.25, 0.3) is 0 Å². The van der Waals surface area contributed by atoms with Crippen LogP contribution in [0.3, 0.4) is 0 Å². The molecule has 106 valence electrons. The minimum atomic E-state index is -3.27. The summed E-state index contributed by atoms with van der Waals surface area (Å²) in [6, 6.07) is 7.29. The zero-order chi connectivity index (χ0) is 14.0. The third-order valence-corrected chi connectivity index (χ3v) is 5.79. The van der Waals surface area contributed by atoms with Crippen LogP contribution in [0.15, 0.2) is 24.3 Å². The Balaban J connectivity index is 2.22. The standard InChI is InChI=1S/C14H22N2O2S/c1-11-5-3-6-12(2)16(11)19(17,18)10-13-7-4-8-14(15)9-13/h4,7-9,11-12H,3,5-6,10,15H2,1-2H3. The zero-order valence-electron chi connectivity index (χ0n) is 11.5. The van der Waals surface area contributed by atoms with Gasteiger partial charge in [-0.1, -0.05) is 18.6 Å². The number of rotatable bonds is 3. The predicted octanol–water partition coefficient (Wildman–Crippen LogP) is 2.36. The molecule has 1 heterocycles. The number of anilines is 1. The Hall–Kier alpha value is -1.07. The topological polar surface area (TPSA) is 63.4 Å². The lowest BCUT2D eigenvalue weighted by molar-refractivity contribution is 0.204. The van der Waals surface area contributed by atoms with Crippen LogP contribution in [0.4, 0.5) is 5.69 Å². The van der Waals surface area contributed by atoms with Crippen LogP contribution in [0, 0.1) is 0 Å². The first-order valence-electron chi connectivity index (χ1n) is 6.76. The third-order valence-electron chi connectivity index (χ3n) is 3.73. The monoisotopic (exact) mass is 282 g/mol. The summed E-state index contributed by atoms with van der Waals surface area (Å²) in [7, 11) is -3.27. The molecule has 5 heteroatoms. The molecule has 1 aromatic carbocycles. The van der Waals surface area contributed by atoms with E-state index in [-0.39, 0.29) is 17.8 Å². The maximum atomic E-state index is 12.6. The van der Waals surface area contributed by atoms with Gasteiger partial charge in [-0.3, -0.25) is 0 Å². The number of piperidine rings is 1. The summed E-state index contributed by atoms with van der Waals surface area (Å²) in [4.78, 5) is 0. The molecule has 0 radical (unpaired) electrons. The molecular weight excluding hydrogens is 260 g/mol. The average Bonchev–Trinajstić information content (AvgIpc) is 2.27. The Bertz CT molecular complexity index is 532. The molecule has 0 aromatic heterocycles. The van der Waals surface area contributed by atoms with E-state index < -0.39 is 10.0 Å². The van der Waals surface area contributed by atoms with Crippen LogP contribution in [0.1, 0.15) is 38.7 Å². The number of sulfonamides is 1. The maximum Gasteiger partial charge on any atom is 0.218 e. The third kappa shape index (κ3) is 3.28. The van der Waals surface area contributed by atoms with Crippen molar-refractivity contribution in [1.82, 2.24) is 4.31 Å². The number of nitrogen functional groups attached to an aromatic ring is 1. The molecule has 0 bridgehead atoms. The quantitative estimate of drug-likeness (QED) is 0.866. The van der Waals surface area contributed by atoms with E-state index in [9.17, 15) is 8.42 Å². The summed E-state index contributed by atoms with van der Waals surface area (Å²) in [5, 5.41) is 0. The van der Waals surface area contributed by atoms with Gasteiger partial charge < -0.3 is 5.73 Å². The zero-order valence-corrected chi connectivity index (χ0v) is 12.4. The maximum absolute atomic E-state index is 12.6. The van der Waals surface area contributed by atoms with Crippen molar-refractivity contribution in [3.8, 4) is 0 Å². The molecule has 1 aliphatic heterocycles. The van der Waals surface area contributed by atoms with Gasteiger partial charge in [-0.2, -0.15) is 4.31 Å². The Labute approximate surface area is 115 Å². The number of benzene rings is 1. The molecule has 0 spiro atoms. The molecule has 1 aromatic rings. The fourth-order valence-electron chi connectivity index (χ4n) is 2.91. The lowest BCUT2D eigenvalue weighted by atomic mass is 10.0. The van der Waals surface area contributed by atoms with E-state index in [0.29, 0.717) is 5.69 Å². The van der Waals surface area contributed by atoms with Crippen LogP contribution in [0.2, 0.25) is 0 Å². The molecule has 0 aliphatic carbocycles. The van der Waals surface area contributed by atoms with Gasteiger partial charge in [0.2, 0.25) is 10.0 Å². The molecular formula is C14H22N2O2S. The van der Waals surface area contributed by atoms with Crippen LogP contribution < -0.4 is 5.73 Å². The number of nitrogens with two attached hydrogens (primary N) is 1. The van der Waals surface area contributed by atoms with Crippen LogP contribution in [0.25, 0.3) is 0 Å². The van der Waals surface area contributed by atoms with E-state index >= 15 is 0 Å². The van der Waals surface area contributed by atoms with Gasteiger partial charge in [0.05, 0.1) is 5.75 Å². The Morgan fingerprint density at radius 2 is 1.89 bits per heavy atom. The van der Waals surface area contributed by atoms with Crippen molar-refractivity contribution in [3.05, 3.63) is 29.8 Å². The highest BCUT2D eigenvalue weighted by atomic mass is 32.2. The summed E-state index contributed by atoms with van der Waals surface area (Å²) in [6.07, 6.45) is 2.99. The molecule has 1 saturated heterocycles. The van der Waals surface area contributed by atoms with Crippen molar-refractivity contribution in [2.24, 2.45) is 0 Å². The van der Waals surface area contributed by atoms with Crippen LogP contribution in [-0.2, 0) is 15.8 Å². The minimum Gasteiger partial charge on any atom is -0.399 e. The number of hydrogen-bond donors (Lipinski definition) is 1. The molecule has 1 fully saturated rings. The van der Waals surface area contributed by atoms with Crippen molar-refractivity contribution in [3.63, 3.8) is 0 Å². The Morgan fingerprint density at radius 1 is 1.26 bits per heavy atom. The molecule has 2 atom stereocenters. The van der Waals surface area contributed by atoms with E-state index in [1.54, 1.807) is 22.5 Å². The fourth-order valence-corrected chi connectivity index (χ4v) is 4.97. The van der Waals surface area contributed by atoms with Crippen molar-refractivity contribution in [1.29, 1.82) is 0 Å². The van der Waals surface area contributed by atoms with Gasteiger partial charge in [0, 0.05) is 17.8 Å². The molecule has 0 amide bonds. The van der Waals surface area contributed by atoms with Crippen molar-refractivity contribution in [2.45, 2.75) is 50.9 Å². The lowest BCUT2D eigenvalue weighted by Crippen LogP contribution is -2.47. The average molecular weight is 282 g/mol. The minimum absolute atomic E-state index is 0.0344. The van der Waals surface area contributed by atoms with Crippen LogP contribution in [-0.4, -0.2) is 24.8 Å².